The predicted molar refractivity (Wildman–Crippen MR) is 125 cm³/mol. The predicted octanol–water partition coefficient (Wildman–Crippen LogP) is 2.53. The number of imide groups is 1. The summed E-state index contributed by atoms with van der Waals surface area (Å²) in [5, 5.41) is 2.93. The van der Waals surface area contributed by atoms with Gasteiger partial charge in [-0.2, -0.15) is 0 Å². The molecule has 2 rings (SSSR count). The van der Waals surface area contributed by atoms with Crippen LogP contribution in [0.5, 0.6) is 0 Å². The van der Waals surface area contributed by atoms with Crippen LogP contribution in [0.2, 0.25) is 0 Å². The number of benzene rings is 1. The molecule has 0 aliphatic carbocycles. The zero-order chi connectivity index (χ0) is 23.8. The van der Waals surface area contributed by atoms with Crippen LogP contribution in [0, 0.1) is 5.92 Å². The molecule has 1 aliphatic heterocycles. The van der Waals surface area contributed by atoms with Crippen LogP contribution in [0.4, 0.5) is 0 Å². The van der Waals surface area contributed by atoms with Crippen LogP contribution < -0.4 is 5.32 Å². The number of carbonyl (C=O) groups excluding carboxylic acids is 3. The van der Waals surface area contributed by atoms with E-state index in [0.717, 1.165) is 12.0 Å². The van der Waals surface area contributed by atoms with Crippen LogP contribution in [0.15, 0.2) is 54.3 Å². The fourth-order valence-corrected chi connectivity index (χ4v) is 3.73. The number of carbonyl (C=O) groups is 3. The van der Waals surface area contributed by atoms with E-state index in [1.165, 1.54) is 24.2 Å². The molecule has 1 aliphatic rings. The zero-order valence-electron chi connectivity index (χ0n) is 19.9. The Balaban J connectivity index is 2.06. The van der Waals surface area contributed by atoms with Crippen LogP contribution in [0.25, 0.3) is 0 Å². The molecule has 1 aromatic carbocycles. The first-order valence-electron chi connectivity index (χ1n) is 11.0. The maximum Gasteiger partial charge on any atom is 0.257 e. The van der Waals surface area contributed by atoms with Gasteiger partial charge >= 0.3 is 0 Å². The Bertz CT molecular complexity index is 861. The normalized spacial score (nSPS) is 18.2. The summed E-state index contributed by atoms with van der Waals surface area (Å²) in [4.78, 5) is 41.2. The fraction of sp³-hybridized carbons (Fsp3) is 0.480. The summed E-state index contributed by atoms with van der Waals surface area (Å²) in [6, 6.07) is 8.54. The molecule has 0 saturated heterocycles. The third kappa shape index (κ3) is 6.79. The second-order valence-corrected chi connectivity index (χ2v) is 8.77. The summed E-state index contributed by atoms with van der Waals surface area (Å²) >= 11 is 0. The summed E-state index contributed by atoms with van der Waals surface area (Å²) < 4.78 is 5.37. The molecule has 7 heteroatoms. The van der Waals surface area contributed by atoms with E-state index in [0.29, 0.717) is 18.1 Å². The first-order valence-corrected chi connectivity index (χ1v) is 11.0. The van der Waals surface area contributed by atoms with Gasteiger partial charge in [-0.1, -0.05) is 50.3 Å². The maximum atomic E-state index is 12.9. The van der Waals surface area contributed by atoms with E-state index in [-0.39, 0.29) is 18.0 Å². The lowest BCUT2D eigenvalue weighted by molar-refractivity contribution is -0.139. The summed E-state index contributed by atoms with van der Waals surface area (Å²) in [5.41, 5.74) is 0.998. The molecule has 0 unspecified atom stereocenters. The van der Waals surface area contributed by atoms with E-state index in [1.54, 1.807) is 13.0 Å². The lowest BCUT2D eigenvalue weighted by Gasteiger charge is -2.26. The molecule has 1 heterocycles. The van der Waals surface area contributed by atoms with Crippen LogP contribution in [0.1, 0.15) is 32.8 Å². The van der Waals surface area contributed by atoms with Crippen molar-refractivity contribution in [3.8, 4) is 0 Å². The first kappa shape index (κ1) is 25.3. The Kier molecular flexibility index (Phi) is 9.20. The summed E-state index contributed by atoms with van der Waals surface area (Å²) in [7, 11) is 5.25. The minimum absolute atomic E-state index is 0.0872. The molecule has 0 aromatic heterocycles. The average molecular weight is 442 g/mol. The number of hydrogen-bond donors (Lipinski definition) is 1. The summed E-state index contributed by atoms with van der Waals surface area (Å²) in [5.74, 6) is -0.0866. The number of amides is 3. The lowest BCUT2D eigenvalue weighted by Crippen LogP contribution is -2.46. The Hall–Kier alpha value is -2.93. The zero-order valence-corrected chi connectivity index (χ0v) is 19.9. The Morgan fingerprint density at radius 1 is 1.19 bits per heavy atom. The highest BCUT2D eigenvalue weighted by molar-refractivity contribution is 6.07. The number of methoxy groups -OCH3 is 1. The highest BCUT2D eigenvalue weighted by Gasteiger charge is 2.37. The van der Waals surface area contributed by atoms with Gasteiger partial charge in [-0.15, -0.1) is 0 Å². The van der Waals surface area contributed by atoms with Gasteiger partial charge in [0.1, 0.15) is 11.8 Å². The van der Waals surface area contributed by atoms with Crippen molar-refractivity contribution in [3.05, 3.63) is 59.9 Å². The van der Waals surface area contributed by atoms with Crippen molar-refractivity contribution in [2.75, 3.05) is 21.2 Å². The van der Waals surface area contributed by atoms with Gasteiger partial charge < -0.3 is 10.1 Å². The van der Waals surface area contributed by atoms with Crippen LogP contribution >= 0.6 is 0 Å². The third-order valence-electron chi connectivity index (χ3n) is 5.41. The summed E-state index contributed by atoms with van der Waals surface area (Å²) in [6.45, 7) is 5.95. The Morgan fingerprint density at radius 3 is 2.41 bits per heavy atom. The van der Waals surface area contributed by atoms with Gasteiger partial charge in [-0.05, 0) is 38.9 Å². The quantitative estimate of drug-likeness (QED) is 0.565. The van der Waals surface area contributed by atoms with Crippen molar-refractivity contribution in [1.82, 2.24) is 15.1 Å². The van der Waals surface area contributed by atoms with Crippen molar-refractivity contribution in [1.29, 1.82) is 0 Å². The van der Waals surface area contributed by atoms with Gasteiger partial charge in [0.05, 0.1) is 13.2 Å². The van der Waals surface area contributed by atoms with Crippen molar-refractivity contribution in [3.63, 3.8) is 0 Å². The molecule has 32 heavy (non-hydrogen) atoms. The van der Waals surface area contributed by atoms with E-state index < -0.39 is 17.9 Å². The van der Waals surface area contributed by atoms with Crippen molar-refractivity contribution in [2.24, 2.45) is 5.92 Å². The van der Waals surface area contributed by atoms with Gasteiger partial charge in [0, 0.05) is 24.6 Å². The molecule has 0 spiro atoms. The number of likely N-dealkylation sites (N-methyl/N-ethyl adjacent to an activating group) is 1. The molecule has 0 saturated carbocycles. The highest BCUT2D eigenvalue weighted by atomic mass is 16.5. The second kappa shape index (κ2) is 11.6. The minimum atomic E-state index is -0.499. The molecule has 0 radical (unpaired) electrons. The summed E-state index contributed by atoms with van der Waals surface area (Å²) in [6.07, 6.45) is 5.53. The molecule has 1 N–H and O–H groups in total. The number of nitrogens with zero attached hydrogens (tertiary/aromatic N) is 2. The van der Waals surface area contributed by atoms with Gasteiger partial charge in [0.25, 0.3) is 11.8 Å². The Morgan fingerprint density at radius 2 is 1.84 bits per heavy atom. The third-order valence-corrected chi connectivity index (χ3v) is 5.41. The van der Waals surface area contributed by atoms with Crippen LogP contribution in [-0.4, -0.2) is 66.9 Å². The minimum Gasteiger partial charge on any atom is -0.499 e. The van der Waals surface area contributed by atoms with Crippen molar-refractivity contribution >= 4 is 17.7 Å². The molecule has 3 amide bonds. The number of ether oxygens (including phenoxy) is 1. The molecular weight excluding hydrogens is 406 g/mol. The van der Waals surface area contributed by atoms with Gasteiger partial charge in [-0.3, -0.25) is 24.2 Å². The lowest BCUT2D eigenvalue weighted by atomic mass is 10.0. The molecule has 0 bridgehead atoms. The SMILES string of the molecule is COC1=CC(=O)N(C(=O)/C=C/[C@H](C)NC(=O)[C@H](CC(C)C)N(C)C)[C@@H]1Cc1ccccc1. The number of hydrogen-bond acceptors (Lipinski definition) is 5. The van der Waals surface area contributed by atoms with Gasteiger partial charge in [0.2, 0.25) is 5.91 Å². The molecular formula is C25H35N3O4. The van der Waals surface area contributed by atoms with E-state index in [4.69, 9.17) is 4.74 Å². The largest absolute Gasteiger partial charge is 0.499 e. The number of rotatable bonds is 10. The topological polar surface area (TPSA) is 79.0 Å². The van der Waals surface area contributed by atoms with E-state index in [9.17, 15) is 14.4 Å². The molecule has 7 nitrogen and oxygen atoms in total. The van der Waals surface area contributed by atoms with Crippen molar-refractivity contribution in [2.45, 2.75) is 51.7 Å². The molecule has 174 valence electrons. The van der Waals surface area contributed by atoms with Gasteiger partial charge in [-0.25, -0.2) is 0 Å². The van der Waals surface area contributed by atoms with Gasteiger partial charge in [0.15, 0.2) is 0 Å². The average Bonchev–Trinajstić information content (AvgIpc) is 3.05. The molecule has 1 aromatic rings. The smallest absolute Gasteiger partial charge is 0.257 e. The molecule has 0 fully saturated rings. The van der Waals surface area contributed by atoms with Crippen LogP contribution in [-0.2, 0) is 25.5 Å². The van der Waals surface area contributed by atoms with Crippen LogP contribution in [0.3, 0.4) is 0 Å². The fourth-order valence-electron chi connectivity index (χ4n) is 3.73. The standard InChI is InChI=1S/C25H35N3O4/c1-17(2)14-21(27(4)5)25(31)26-18(3)12-13-23(29)28-20(22(32-6)16-24(28)30)15-19-10-8-7-9-11-19/h7-13,16-18,20-21H,14-15H2,1-6H3,(H,26,31)/b13-12+/t18-,20+,21-/m0/s1. The maximum absolute atomic E-state index is 12.9. The van der Waals surface area contributed by atoms with Crippen molar-refractivity contribution < 1.29 is 19.1 Å². The molecule has 3 atom stereocenters. The number of nitrogens with one attached hydrogen (secondary N) is 1. The van der Waals surface area contributed by atoms with E-state index in [1.807, 2.05) is 49.3 Å². The highest BCUT2D eigenvalue weighted by Crippen LogP contribution is 2.24. The Labute approximate surface area is 191 Å². The first-order chi connectivity index (χ1) is 15.1. The monoisotopic (exact) mass is 441 g/mol. The second-order valence-electron chi connectivity index (χ2n) is 8.77. The van der Waals surface area contributed by atoms with E-state index >= 15 is 0 Å². The van der Waals surface area contributed by atoms with E-state index in [2.05, 4.69) is 19.2 Å².